The average molecular weight is 463 g/mol. The SMILES string of the molecule is C[C@@H]1CN(c2nc(C(=O)N3CC4CC4C3)sc2-c2ccc(S(N)(=O)=O)cc2)C[C@H](C)O1. The van der Waals surface area contributed by atoms with Crippen LogP contribution in [0.2, 0.25) is 0 Å². The number of ether oxygens (including phenoxy) is 1. The van der Waals surface area contributed by atoms with Crippen LogP contribution in [-0.2, 0) is 14.8 Å². The molecule has 3 heterocycles. The van der Waals surface area contributed by atoms with Gasteiger partial charge in [-0.15, -0.1) is 11.3 Å². The van der Waals surface area contributed by atoms with E-state index in [0.29, 0.717) is 29.9 Å². The number of anilines is 1. The Morgan fingerprint density at radius 3 is 2.29 bits per heavy atom. The van der Waals surface area contributed by atoms with Crippen molar-refractivity contribution < 1.29 is 17.9 Å². The standard InChI is InChI=1S/C21H26N4O4S2/c1-12-8-24(9-13(2)29-12)19-18(14-3-5-17(6-4-14)31(22,27)28)30-20(23-19)21(26)25-10-15-7-16(15)11-25/h3-6,12-13,15-16H,7-11H2,1-2H3,(H2,22,27,28)/t12-,13+,15?,16?. The van der Waals surface area contributed by atoms with Crippen molar-refractivity contribution in [2.24, 2.45) is 17.0 Å². The molecule has 0 spiro atoms. The number of piperidine rings is 1. The largest absolute Gasteiger partial charge is 0.372 e. The van der Waals surface area contributed by atoms with Gasteiger partial charge in [0.15, 0.2) is 5.01 Å². The van der Waals surface area contributed by atoms with Crippen LogP contribution in [0.25, 0.3) is 10.4 Å². The summed E-state index contributed by atoms with van der Waals surface area (Å²) in [6.45, 7) is 7.05. The lowest BCUT2D eigenvalue weighted by molar-refractivity contribution is -0.00539. The van der Waals surface area contributed by atoms with Crippen LogP contribution in [0.5, 0.6) is 0 Å². The van der Waals surface area contributed by atoms with Gasteiger partial charge in [0.05, 0.1) is 22.0 Å². The number of nitrogens with zero attached hydrogens (tertiary/aromatic N) is 3. The second kappa shape index (κ2) is 7.54. The van der Waals surface area contributed by atoms with Crippen molar-refractivity contribution in [2.75, 3.05) is 31.1 Å². The highest BCUT2D eigenvalue weighted by Crippen LogP contribution is 2.46. The Kier molecular flexibility index (Phi) is 5.08. The van der Waals surface area contributed by atoms with Crippen molar-refractivity contribution in [3.05, 3.63) is 29.3 Å². The van der Waals surface area contributed by atoms with Crippen molar-refractivity contribution in [1.82, 2.24) is 9.88 Å². The zero-order valence-corrected chi connectivity index (χ0v) is 19.2. The minimum Gasteiger partial charge on any atom is -0.372 e. The fourth-order valence-electron chi connectivity index (χ4n) is 4.65. The van der Waals surface area contributed by atoms with E-state index in [4.69, 9.17) is 14.9 Å². The first-order valence-electron chi connectivity index (χ1n) is 10.5. The first-order chi connectivity index (χ1) is 14.7. The van der Waals surface area contributed by atoms with Crippen LogP contribution in [0.3, 0.4) is 0 Å². The molecule has 5 rings (SSSR count). The van der Waals surface area contributed by atoms with Gasteiger partial charge in [0.1, 0.15) is 5.82 Å². The normalized spacial score (nSPS) is 28.0. The second-order valence-corrected chi connectivity index (χ2v) is 11.4. The molecule has 4 atom stereocenters. The van der Waals surface area contributed by atoms with Crippen LogP contribution in [0, 0.1) is 11.8 Å². The zero-order chi connectivity index (χ0) is 21.9. The molecule has 1 aliphatic carbocycles. The number of amides is 1. The first-order valence-corrected chi connectivity index (χ1v) is 12.9. The topological polar surface area (TPSA) is 106 Å². The number of hydrogen-bond acceptors (Lipinski definition) is 7. The lowest BCUT2D eigenvalue weighted by atomic mass is 10.1. The lowest BCUT2D eigenvalue weighted by Crippen LogP contribution is -2.45. The number of sulfonamides is 1. The molecule has 3 aliphatic rings. The van der Waals surface area contributed by atoms with Gasteiger partial charge in [-0.05, 0) is 49.8 Å². The third-order valence-electron chi connectivity index (χ3n) is 6.22. The number of morpholine rings is 1. The molecular weight excluding hydrogens is 436 g/mol. The molecular formula is C21H26N4O4S2. The molecule has 0 bridgehead atoms. The van der Waals surface area contributed by atoms with Crippen molar-refractivity contribution in [2.45, 2.75) is 37.4 Å². The zero-order valence-electron chi connectivity index (χ0n) is 17.5. The molecule has 1 aromatic carbocycles. The number of thiazole rings is 1. The number of hydrogen-bond donors (Lipinski definition) is 1. The fraction of sp³-hybridized carbons (Fsp3) is 0.524. The number of nitrogens with two attached hydrogens (primary N) is 1. The number of fused-ring (bicyclic) bond motifs is 1. The number of primary sulfonamides is 1. The van der Waals surface area contributed by atoms with Crippen LogP contribution >= 0.6 is 11.3 Å². The third-order valence-corrected chi connectivity index (χ3v) is 8.23. The molecule has 2 unspecified atom stereocenters. The van der Waals surface area contributed by atoms with Gasteiger partial charge in [-0.25, -0.2) is 18.5 Å². The van der Waals surface area contributed by atoms with Crippen LogP contribution in [-0.4, -0.2) is 62.6 Å². The molecule has 31 heavy (non-hydrogen) atoms. The van der Waals surface area contributed by atoms with E-state index < -0.39 is 10.0 Å². The van der Waals surface area contributed by atoms with Crippen LogP contribution in [0.1, 0.15) is 30.1 Å². The Morgan fingerprint density at radius 1 is 1.10 bits per heavy atom. The maximum absolute atomic E-state index is 13.1. The van der Waals surface area contributed by atoms with Gasteiger partial charge in [-0.3, -0.25) is 4.79 Å². The molecule has 166 valence electrons. The van der Waals surface area contributed by atoms with E-state index >= 15 is 0 Å². The molecule has 2 aliphatic heterocycles. The molecule has 0 radical (unpaired) electrons. The molecule has 3 fully saturated rings. The minimum absolute atomic E-state index is 0.0137. The highest BCUT2D eigenvalue weighted by Gasteiger charge is 2.47. The Morgan fingerprint density at radius 2 is 1.71 bits per heavy atom. The molecule has 8 nitrogen and oxygen atoms in total. The van der Waals surface area contributed by atoms with E-state index in [1.165, 1.54) is 29.9 Å². The van der Waals surface area contributed by atoms with Gasteiger partial charge in [0.2, 0.25) is 10.0 Å². The molecule has 1 saturated carbocycles. The Balaban J connectivity index is 1.51. The van der Waals surface area contributed by atoms with E-state index in [-0.39, 0.29) is 23.0 Å². The maximum Gasteiger partial charge on any atom is 0.282 e. The second-order valence-electron chi connectivity index (χ2n) is 8.87. The highest BCUT2D eigenvalue weighted by atomic mass is 32.2. The number of benzene rings is 1. The number of likely N-dealkylation sites (tertiary alicyclic amines) is 1. The van der Waals surface area contributed by atoms with Gasteiger partial charge < -0.3 is 14.5 Å². The third kappa shape index (κ3) is 4.09. The smallest absolute Gasteiger partial charge is 0.282 e. The fourth-order valence-corrected chi connectivity index (χ4v) is 6.23. The monoisotopic (exact) mass is 462 g/mol. The number of carbonyl (C=O) groups excluding carboxylic acids is 1. The van der Waals surface area contributed by atoms with E-state index in [0.717, 1.165) is 29.3 Å². The summed E-state index contributed by atoms with van der Waals surface area (Å²) in [7, 11) is -3.77. The quantitative estimate of drug-likeness (QED) is 0.746. The maximum atomic E-state index is 13.1. The summed E-state index contributed by atoms with van der Waals surface area (Å²) in [6.07, 6.45) is 1.33. The summed E-state index contributed by atoms with van der Waals surface area (Å²) >= 11 is 1.37. The summed E-state index contributed by atoms with van der Waals surface area (Å²) < 4.78 is 29.1. The van der Waals surface area contributed by atoms with E-state index in [1.54, 1.807) is 12.1 Å². The number of carbonyl (C=O) groups is 1. The summed E-state index contributed by atoms with van der Waals surface area (Å²) in [4.78, 5) is 22.9. The summed E-state index contributed by atoms with van der Waals surface area (Å²) in [5.41, 5.74) is 0.815. The van der Waals surface area contributed by atoms with Crippen LogP contribution in [0.4, 0.5) is 5.82 Å². The van der Waals surface area contributed by atoms with E-state index in [2.05, 4.69) is 4.90 Å². The van der Waals surface area contributed by atoms with Crippen molar-refractivity contribution in [3.8, 4) is 10.4 Å². The van der Waals surface area contributed by atoms with Crippen molar-refractivity contribution >= 4 is 33.1 Å². The predicted octanol–water partition coefficient (Wildman–Crippen LogP) is 2.16. The molecule has 1 amide bonds. The molecule has 2 aromatic rings. The van der Waals surface area contributed by atoms with Crippen LogP contribution < -0.4 is 10.0 Å². The number of rotatable bonds is 4. The van der Waals surface area contributed by atoms with Gasteiger partial charge in [-0.2, -0.15) is 0 Å². The average Bonchev–Trinajstić information content (AvgIpc) is 3.12. The van der Waals surface area contributed by atoms with Crippen LogP contribution in [0.15, 0.2) is 29.2 Å². The van der Waals surface area contributed by atoms with Gasteiger partial charge >= 0.3 is 0 Å². The first kappa shape index (κ1) is 20.9. The molecule has 2 N–H and O–H groups in total. The molecule has 2 saturated heterocycles. The van der Waals surface area contributed by atoms with Gasteiger partial charge in [0, 0.05) is 26.2 Å². The summed E-state index contributed by atoms with van der Waals surface area (Å²) in [5, 5.41) is 5.72. The van der Waals surface area contributed by atoms with E-state index in [1.807, 2.05) is 18.7 Å². The Hall–Kier alpha value is -2.01. The number of aromatic nitrogens is 1. The van der Waals surface area contributed by atoms with Gasteiger partial charge in [-0.1, -0.05) is 12.1 Å². The van der Waals surface area contributed by atoms with Gasteiger partial charge in [0.25, 0.3) is 5.91 Å². The molecule has 10 heteroatoms. The minimum atomic E-state index is -3.77. The molecule has 1 aromatic heterocycles. The lowest BCUT2D eigenvalue weighted by Gasteiger charge is -2.36. The van der Waals surface area contributed by atoms with E-state index in [9.17, 15) is 13.2 Å². The van der Waals surface area contributed by atoms with Crippen molar-refractivity contribution in [3.63, 3.8) is 0 Å². The Labute approximate surface area is 186 Å². The predicted molar refractivity (Wildman–Crippen MR) is 119 cm³/mol. The Bertz CT molecular complexity index is 1090. The van der Waals surface area contributed by atoms with Crippen molar-refractivity contribution in [1.29, 1.82) is 0 Å². The summed E-state index contributed by atoms with van der Waals surface area (Å²) in [6, 6.07) is 6.44. The highest BCUT2D eigenvalue weighted by molar-refractivity contribution is 7.89. The summed E-state index contributed by atoms with van der Waals surface area (Å²) in [5.74, 6) is 2.06.